The summed E-state index contributed by atoms with van der Waals surface area (Å²) in [5.74, 6) is 0.0931. The predicted molar refractivity (Wildman–Crippen MR) is 61.9 cm³/mol. The molecule has 0 bridgehead atoms. The Hall–Kier alpha value is -1.80. The Morgan fingerprint density at radius 2 is 2.41 bits per heavy atom. The zero-order chi connectivity index (χ0) is 12.3. The molecular weight excluding hydrogens is 242 g/mol. The van der Waals surface area contributed by atoms with Crippen molar-refractivity contribution in [3.8, 4) is 0 Å². The number of rotatable bonds is 4. The molecule has 0 spiro atoms. The van der Waals surface area contributed by atoms with Crippen molar-refractivity contribution in [1.29, 1.82) is 0 Å². The molecular formula is C9H11N5O2S. The summed E-state index contributed by atoms with van der Waals surface area (Å²) in [7, 11) is 0. The van der Waals surface area contributed by atoms with Crippen LogP contribution in [-0.2, 0) is 6.42 Å². The molecule has 7 nitrogen and oxygen atoms in total. The molecule has 0 aromatic carbocycles. The lowest BCUT2D eigenvalue weighted by Crippen LogP contribution is -2.13. The van der Waals surface area contributed by atoms with Crippen LogP contribution in [0.1, 0.15) is 21.3 Å². The maximum atomic E-state index is 11.7. The lowest BCUT2D eigenvalue weighted by atomic mass is 10.4. The molecule has 17 heavy (non-hydrogen) atoms. The number of nitrogens with one attached hydrogen (secondary N) is 1. The first-order chi connectivity index (χ1) is 8.19. The molecule has 2 rings (SSSR count). The third-order valence-electron chi connectivity index (χ3n) is 1.89. The molecule has 0 atom stereocenters. The van der Waals surface area contributed by atoms with E-state index in [2.05, 4.69) is 20.4 Å². The van der Waals surface area contributed by atoms with Gasteiger partial charge in [-0.2, -0.15) is 4.98 Å². The van der Waals surface area contributed by atoms with Crippen LogP contribution in [0.4, 0.5) is 6.01 Å². The van der Waals surface area contributed by atoms with E-state index in [9.17, 15) is 4.79 Å². The number of aromatic nitrogens is 3. The standard InChI is InChI=1S/C9H11N5O2S/c1-5-11-9(16-14-5)13-8(15)6-4-17-7(12-6)2-3-10/h4H,2-3,10H2,1H3,(H,11,13,14,15). The SMILES string of the molecule is Cc1noc(NC(=O)c2csc(CCN)n2)n1. The van der Waals surface area contributed by atoms with E-state index < -0.39 is 0 Å². The van der Waals surface area contributed by atoms with Crippen molar-refractivity contribution in [3.05, 3.63) is 21.9 Å². The lowest BCUT2D eigenvalue weighted by Gasteiger charge is -1.95. The maximum Gasteiger partial charge on any atom is 0.328 e. The molecule has 1 amide bonds. The topological polar surface area (TPSA) is 107 Å². The number of carbonyl (C=O) groups is 1. The number of thiazole rings is 1. The smallest absolute Gasteiger partial charge is 0.328 e. The normalized spacial score (nSPS) is 10.5. The van der Waals surface area contributed by atoms with Crippen molar-refractivity contribution in [2.75, 3.05) is 11.9 Å². The second-order valence-electron chi connectivity index (χ2n) is 3.27. The average Bonchev–Trinajstić information content (AvgIpc) is 2.88. The molecule has 2 aromatic rings. The second kappa shape index (κ2) is 5.02. The van der Waals surface area contributed by atoms with Crippen molar-refractivity contribution >= 4 is 23.3 Å². The van der Waals surface area contributed by atoms with Crippen LogP contribution < -0.4 is 11.1 Å². The summed E-state index contributed by atoms with van der Waals surface area (Å²) in [5, 5.41) is 8.53. The number of hydrogen-bond donors (Lipinski definition) is 2. The van der Waals surface area contributed by atoms with Gasteiger partial charge in [0.25, 0.3) is 5.91 Å². The van der Waals surface area contributed by atoms with Gasteiger partial charge in [-0.05, 0) is 13.5 Å². The first-order valence-corrected chi connectivity index (χ1v) is 5.83. The van der Waals surface area contributed by atoms with Gasteiger partial charge in [-0.15, -0.1) is 11.3 Å². The molecule has 0 saturated carbocycles. The minimum absolute atomic E-state index is 0.0703. The van der Waals surface area contributed by atoms with Gasteiger partial charge in [0.2, 0.25) is 0 Å². The van der Waals surface area contributed by atoms with E-state index in [1.807, 2.05) is 0 Å². The summed E-state index contributed by atoms with van der Waals surface area (Å²) in [4.78, 5) is 19.7. The summed E-state index contributed by atoms with van der Waals surface area (Å²) in [6, 6.07) is 0.0703. The Labute approximate surface area is 101 Å². The third kappa shape index (κ3) is 2.86. The van der Waals surface area contributed by atoms with Crippen LogP contribution in [0, 0.1) is 6.92 Å². The number of aryl methyl sites for hydroxylation is 1. The Morgan fingerprint density at radius 1 is 1.59 bits per heavy atom. The van der Waals surface area contributed by atoms with Crippen molar-refractivity contribution < 1.29 is 9.32 Å². The second-order valence-corrected chi connectivity index (χ2v) is 4.21. The summed E-state index contributed by atoms with van der Waals surface area (Å²) < 4.78 is 4.77. The van der Waals surface area contributed by atoms with Crippen molar-refractivity contribution in [2.24, 2.45) is 5.73 Å². The molecule has 8 heteroatoms. The number of nitrogens with two attached hydrogens (primary N) is 1. The van der Waals surface area contributed by atoms with E-state index >= 15 is 0 Å². The molecule has 0 unspecified atom stereocenters. The number of carbonyl (C=O) groups excluding carboxylic acids is 1. The highest BCUT2D eigenvalue weighted by Crippen LogP contribution is 2.12. The minimum Gasteiger partial charge on any atom is -0.330 e. The van der Waals surface area contributed by atoms with Crippen LogP contribution in [0.5, 0.6) is 0 Å². The molecule has 3 N–H and O–H groups in total. The minimum atomic E-state index is -0.367. The highest BCUT2D eigenvalue weighted by atomic mass is 32.1. The first kappa shape index (κ1) is 11.7. The Bertz CT molecular complexity index is 521. The summed E-state index contributed by atoms with van der Waals surface area (Å²) in [6.07, 6.45) is 0.664. The zero-order valence-corrected chi connectivity index (χ0v) is 9.95. The maximum absolute atomic E-state index is 11.7. The van der Waals surface area contributed by atoms with Gasteiger partial charge < -0.3 is 10.3 Å². The molecule has 2 heterocycles. The summed E-state index contributed by atoms with van der Waals surface area (Å²) >= 11 is 1.40. The van der Waals surface area contributed by atoms with Gasteiger partial charge in [-0.25, -0.2) is 4.98 Å². The van der Waals surface area contributed by atoms with E-state index in [-0.39, 0.29) is 11.9 Å². The van der Waals surface area contributed by atoms with Gasteiger partial charge in [-0.1, -0.05) is 5.16 Å². The fraction of sp³-hybridized carbons (Fsp3) is 0.333. The fourth-order valence-corrected chi connectivity index (χ4v) is 1.96. The van der Waals surface area contributed by atoms with Gasteiger partial charge in [0.15, 0.2) is 5.82 Å². The quantitative estimate of drug-likeness (QED) is 0.825. The highest BCUT2D eigenvalue weighted by Gasteiger charge is 2.13. The number of hydrogen-bond acceptors (Lipinski definition) is 7. The van der Waals surface area contributed by atoms with Crippen LogP contribution in [0.25, 0.3) is 0 Å². The average molecular weight is 253 g/mol. The summed E-state index contributed by atoms with van der Waals surface area (Å²) in [6.45, 7) is 2.18. The van der Waals surface area contributed by atoms with Crippen LogP contribution in [-0.4, -0.2) is 27.6 Å². The molecule has 0 aliphatic carbocycles. The van der Waals surface area contributed by atoms with Crippen molar-refractivity contribution in [2.45, 2.75) is 13.3 Å². The predicted octanol–water partition coefficient (Wildman–Crippen LogP) is 0.588. The Balaban J connectivity index is 2.03. The van der Waals surface area contributed by atoms with Gasteiger partial charge in [0, 0.05) is 11.8 Å². The van der Waals surface area contributed by atoms with Crippen LogP contribution in [0.2, 0.25) is 0 Å². The fourth-order valence-electron chi connectivity index (χ4n) is 1.16. The van der Waals surface area contributed by atoms with Crippen molar-refractivity contribution in [1.82, 2.24) is 15.1 Å². The number of amides is 1. The van der Waals surface area contributed by atoms with Gasteiger partial charge >= 0.3 is 6.01 Å². The zero-order valence-electron chi connectivity index (χ0n) is 9.14. The molecule has 0 radical (unpaired) electrons. The van der Waals surface area contributed by atoms with Crippen LogP contribution in [0.3, 0.4) is 0 Å². The molecule has 0 fully saturated rings. The van der Waals surface area contributed by atoms with E-state index in [4.69, 9.17) is 10.3 Å². The van der Waals surface area contributed by atoms with Crippen LogP contribution in [0.15, 0.2) is 9.90 Å². The van der Waals surface area contributed by atoms with E-state index in [1.54, 1.807) is 12.3 Å². The molecule has 0 aliphatic rings. The van der Waals surface area contributed by atoms with Gasteiger partial charge in [0.05, 0.1) is 5.01 Å². The van der Waals surface area contributed by atoms with Crippen molar-refractivity contribution in [3.63, 3.8) is 0 Å². The molecule has 0 saturated heterocycles. The van der Waals surface area contributed by atoms with Gasteiger partial charge in [-0.3, -0.25) is 10.1 Å². The largest absolute Gasteiger partial charge is 0.330 e. The van der Waals surface area contributed by atoms with Gasteiger partial charge in [0.1, 0.15) is 5.69 Å². The van der Waals surface area contributed by atoms with E-state index in [1.165, 1.54) is 11.3 Å². The summed E-state index contributed by atoms with van der Waals surface area (Å²) in [5.41, 5.74) is 5.73. The van der Waals surface area contributed by atoms with E-state index in [0.717, 1.165) is 5.01 Å². The molecule has 2 aromatic heterocycles. The number of nitrogens with zero attached hydrogens (tertiary/aromatic N) is 3. The number of anilines is 1. The first-order valence-electron chi connectivity index (χ1n) is 4.95. The third-order valence-corrected chi connectivity index (χ3v) is 2.80. The highest BCUT2D eigenvalue weighted by molar-refractivity contribution is 7.09. The van der Waals surface area contributed by atoms with E-state index in [0.29, 0.717) is 24.5 Å². The molecule has 90 valence electrons. The lowest BCUT2D eigenvalue weighted by molar-refractivity contribution is 0.101. The van der Waals surface area contributed by atoms with Crippen LogP contribution >= 0.6 is 11.3 Å². The molecule has 0 aliphatic heterocycles. The Kier molecular flexibility index (Phi) is 3.45. The Morgan fingerprint density at radius 3 is 3.06 bits per heavy atom. The monoisotopic (exact) mass is 253 g/mol.